The molecule has 0 fully saturated rings. The summed E-state index contributed by atoms with van der Waals surface area (Å²) in [6.07, 6.45) is 4.45. The number of carbonyl (C=O) groups excluding carboxylic acids is 2. The van der Waals surface area contributed by atoms with Gasteiger partial charge in [-0.15, -0.1) is 0 Å². The third-order valence-electron chi connectivity index (χ3n) is 3.59. The minimum Gasteiger partial charge on any atom is -0.326 e. The van der Waals surface area contributed by atoms with Crippen LogP contribution in [0.1, 0.15) is 46.0 Å². The van der Waals surface area contributed by atoms with Gasteiger partial charge in [0.05, 0.1) is 6.04 Å². The zero-order chi connectivity index (χ0) is 17.1. The van der Waals surface area contributed by atoms with Crippen LogP contribution in [0.2, 0.25) is 0 Å². The van der Waals surface area contributed by atoms with Gasteiger partial charge in [-0.1, -0.05) is 56.7 Å². The van der Waals surface area contributed by atoms with Crippen molar-refractivity contribution in [3.63, 3.8) is 0 Å². The number of anilines is 1. The van der Waals surface area contributed by atoms with Crippen molar-refractivity contribution in [3.8, 4) is 0 Å². The highest BCUT2D eigenvalue weighted by Crippen LogP contribution is 2.14. The molecule has 0 aliphatic carbocycles. The number of unbranched alkanes of at least 4 members (excludes halogenated alkanes) is 3. The monoisotopic (exact) mass is 336 g/mol. The van der Waals surface area contributed by atoms with E-state index >= 15 is 0 Å². The van der Waals surface area contributed by atoms with Crippen LogP contribution in [0.3, 0.4) is 0 Å². The molecule has 0 unspecified atom stereocenters. The lowest BCUT2D eigenvalue weighted by Gasteiger charge is -2.13. The summed E-state index contributed by atoms with van der Waals surface area (Å²) < 4.78 is 0. The third-order valence-corrected chi connectivity index (χ3v) is 4.64. The second kappa shape index (κ2) is 11.2. The van der Waals surface area contributed by atoms with Gasteiger partial charge in [-0.05, 0) is 30.9 Å². The normalized spacial score (nSPS) is 12.2. The largest absolute Gasteiger partial charge is 0.326 e. The van der Waals surface area contributed by atoms with Crippen LogP contribution >= 0.6 is 11.8 Å². The highest BCUT2D eigenvalue weighted by Gasteiger charge is 2.16. The van der Waals surface area contributed by atoms with Crippen molar-refractivity contribution in [1.29, 1.82) is 0 Å². The van der Waals surface area contributed by atoms with Gasteiger partial charge in [0.1, 0.15) is 0 Å². The molecule has 0 heterocycles. The Morgan fingerprint density at radius 3 is 2.39 bits per heavy atom. The maximum atomic E-state index is 11.8. The molecule has 0 bridgehead atoms. The first-order chi connectivity index (χ1) is 11.0. The average molecular weight is 337 g/mol. The molecule has 3 N–H and O–H groups in total. The minimum atomic E-state index is -0.360. The maximum Gasteiger partial charge on any atom is 0.224 e. The molecule has 1 aromatic carbocycles. The van der Waals surface area contributed by atoms with Crippen molar-refractivity contribution in [1.82, 2.24) is 0 Å². The number of para-hydroxylation sites is 1. The standard InChI is InChI=1S/C18H28N2O2S/c1-14(2)17(19)18(22)23-13-9-4-3-8-12-16(21)20-15-10-6-5-7-11-15/h5-7,10-11,14,17H,3-4,8-9,12-13,19H2,1-2H3,(H,20,21)/t17-/m1/s1. The molecule has 1 amide bonds. The summed E-state index contributed by atoms with van der Waals surface area (Å²) in [6, 6.07) is 9.13. The van der Waals surface area contributed by atoms with E-state index in [1.165, 1.54) is 11.8 Å². The van der Waals surface area contributed by atoms with E-state index in [0.29, 0.717) is 6.42 Å². The molecule has 0 aromatic heterocycles. The van der Waals surface area contributed by atoms with Gasteiger partial charge in [-0.25, -0.2) is 0 Å². The van der Waals surface area contributed by atoms with Crippen molar-refractivity contribution in [2.75, 3.05) is 11.1 Å². The Morgan fingerprint density at radius 2 is 1.74 bits per heavy atom. The highest BCUT2D eigenvalue weighted by molar-refractivity contribution is 8.13. The third kappa shape index (κ3) is 8.77. The van der Waals surface area contributed by atoms with Crippen LogP contribution in [0.4, 0.5) is 5.69 Å². The minimum absolute atomic E-state index is 0.0589. The molecule has 23 heavy (non-hydrogen) atoms. The summed E-state index contributed by atoms with van der Waals surface area (Å²) in [7, 11) is 0. The van der Waals surface area contributed by atoms with Crippen molar-refractivity contribution in [2.24, 2.45) is 11.7 Å². The fourth-order valence-electron chi connectivity index (χ4n) is 2.03. The van der Waals surface area contributed by atoms with Gasteiger partial charge in [0.2, 0.25) is 11.0 Å². The van der Waals surface area contributed by atoms with Crippen molar-refractivity contribution in [3.05, 3.63) is 30.3 Å². The second-order valence-electron chi connectivity index (χ2n) is 6.02. The number of benzene rings is 1. The fraction of sp³-hybridized carbons (Fsp3) is 0.556. The van der Waals surface area contributed by atoms with Gasteiger partial charge in [0.15, 0.2) is 0 Å². The summed E-state index contributed by atoms with van der Waals surface area (Å²) in [5.74, 6) is 1.07. The smallest absolute Gasteiger partial charge is 0.224 e. The van der Waals surface area contributed by atoms with E-state index in [9.17, 15) is 9.59 Å². The number of hydrogen-bond acceptors (Lipinski definition) is 4. The van der Waals surface area contributed by atoms with Gasteiger partial charge in [-0.3, -0.25) is 9.59 Å². The number of carbonyl (C=O) groups is 2. The molecule has 0 aliphatic rings. The Hall–Kier alpha value is -1.33. The lowest BCUT2D eigenvalue weighted by molar-refractivity contribution is -0.116. The molecular formula is C18H28N2O2S. The molecule has 1 aromatic rings. The van der Waals surface area contributed by atoms with E-state index in [1.807, 2.05) is 44.2 Å². The fourth-order valence-corrected chi connectivity index (χ4v) is 3.04. The predicted molar refractivity (Wildman–Crippen MR) is 98.4 cm³/mol. The average Bonchev–Trinajstić information content (AvgIpc) is 2.53. The first kappa shape index (κ1) is 19.7. The Morgan fingerprint density at radius 1 is 1.09 bits per heavy atom. The van der Waals surface area contributed by atoms with E-state index in [2.05, 4.69) is 5.32 Å². The zero-order valence-corrected chi connectivity index (χ0v) is 14.9. The lowest BCUT2D eigenvalue weighted by Crippen LogP contribution is -2.33. The quantitative estimate of drug-likeness (QED) is 0.637. The first-order valence-corrected chi connectivity index (χ1v) is 9.26. The van der Waals surface area contributed by atoms with E-state index in [1.54, 1.807) is 0 Å². The summed E-state index contributed by atoms with van der Waals surface area (Å²) in [6.45, 7) is 3.92. The van der Waals surface area contributed by atoms with E-state index < -0.39 is 0 Å². The molecule has 128 valence electrons. The number of nitrogens with one attached hydrogen (secondary N) is 1. The Balaban J connectivity index is 2.01. The van der Waals surface area contributed by atoms with E-state index in [4.69, 9.17) is 5.73 Å². The topological polar surface area (TPSA) is 72.2 Å². The summed E-state index contributed by atoms with van der Waals surface area (Å²) in [5.41, 5.74) is 6.65. The van der Waals surface area contributed by atoms with Crippen molar-refractivity contribution >= 4 is 28.5 Å². The number of thioether (sulfide) groups is 1. The molecule has 5 heteroatoms. The van der Waals surface area contributed by atoms with Crippen LogP contribution in [0.5, 0.6) is 0 Å². The summed E-state index contributed by atoms with van der Waals surface area (Å²) in [4.78, 5) is 23.5. The maximum absolute atomic E-state index is 11.8. The van der Waals surface area contributed by atoms with E-state index in [-0.39, 0.29) is 23.0 Å². The van der Waals surface area contributed by atoms with Crippen molar-refractivity contribution < 1.29 is 9.59 Å². The molecule has 0 spiro atoms. The number of hydrogen-bond donors (Lipinski definition) is 2. The molecule has 0 saturated carbocycles. The summed E-state index contributed by atoms with van der Waals surface area (Å²) >= 11 is 1.34. The molecule has 0 aliphatic heterocycles. The van der Waals surface area contributed by atoms with Gasteiger partial charge >= 0.3 is 0 Å². The number of amides is 1. The van der Waals surface area contributed by atoms with E-state index in [0.717, 1.165) is 37.1 Å². The van der Waals surface area contributed by atoms with Gasteiger partial charge in [0, 0.05) is 17.9 Å². The van der Waals surface area contributed by atoms with Crippen LogP contribution in [-0.2, 0) is 9.59 Å². The van der Waals surface area contributed by atoms with Gasteiger partial charge < -0.3 is 11.1 Å². The van der Waals surface area contributed by atoms with Crippen LogP contribution < -0.4 is 11.1 Å². The molecule has 0 radical (unpaired) electrons. The molecule has 4 nitrogen and oxygen atoms in total. The molecule has 0 saturated heterocycles. The molecule has 1 atom stereocenters. The predicted octanol–water partition coefficient (Wildman–Crippen LogP) is 3.82. The van der Waals surface area contributed by atoms with Crippen molar-refractivity contribution in [2.45, 2.75) is 52.0 Å². The Bertz CT molecular complexity index is 477. The summed E-state index contributed by atoms with van der Waals surface area (Å²) in [5, 5.41) is 2.97. The van der Waals surface area contributed by atoms with Crippen LogP contribution in [0.25, 0.3) is 0 Å². The number of nitrogens with two attached hydrogens (primary N) is 1. The van der Waals surface area contributed by atoms with Crippen LogP contribution in [0.15, 0.2) is 30.3 Å². The van der Waals surface area contributed by atoms with Crippen LogP contribution in [-0.4, -0.2) is 22.8 Å². The van der Waals surface area contributed by atoms with Crippen LogP contribution in [0, 0.1) is 5.92 Å². The molecule has 1 rings (SSSR count). The zero-order valence-electron chi connectivity index (χ0n) is 14.1. The van der Waals surface area contributed by atoms with Gasteiger partial charge in [-0.2, -0.15) is 0 Å². The highest BCUT2D eigenvalue weighted by atomic mass is 32.2. The Kier molecular flexibility index (Phi) is 9.64. The second-order valence-corrected chi connectivity index (χ2v) is 7.12. The van der Waals surface area contributed by atoms with Gasteiger partial charge in [0.25, 0.3) is 0 Å². The lowest BCUT2D eigenvalue weighted by atomic mass is 10.1. The first-order valence-electron chi connectivity index (χ1n) is 8.28. The SMILES string of the molecule is CC(C)[C@@H](N)C(=O)SCCCCCCC(=O)Nc1ccccc1. The number of rotatable bonds is 10. The Labute approximate surface area is 143 Å². The molecular weight excluding hydrogens is 308 g/mol.